The predicted octanol–water partition coefficient (Wildman–Crippen LogP) is 4.98. The van der Waals surface area contributed by atoms with E-state index in [-0.39, 0.29) is 42.9 Å². The van der Waals surface area contributed by atoms with E-state index in [1.165, 1.54) is 6.07 Å². The number of carbonyl (C=O) groups is 2. The molecule has 0 saturated carbocycles. The zero-order valence-corrected chi connectivity index (χ0v) is 18.4. The highest BCUT2D eigenvalue weighted by atomic mass is 19.4. The van der Waals surface area contributed by atoms with E-state index in [1.54, 1.807) is 19.1 Å². The number of ether oxygens (including phenoxy) is 1. The number of benzene rings is 2. The minimum Gasteiger partial charge on any atom is -0.461 e. The fourth-order valence-electron chi connectivity index (χ4n) is 3.33. The van der Waals surface area contributed by atoms with Crippen LogP contribution in [0, 0.1) is 5.82 Å². The largest absolute Gasteiger partial charge is 0.461 e. The molecule has 0 aliphatic heterocycles. The number of esters is 1. The number of nitrogens with one attached hydrogen (secondary N) is 1. The molecule has 1 aromatic heterocycles. The van der Waals surface area contributed by atoms with Gasteiger partial charge in [-0.1, -0.05) is 37.3 Å². The van der Waals surface area contributed by atoms with Crippen LogP contribution in [-0.2, 0) is 28.9 Å². The smallest absolute Gasteiger partial charge is 0.420 e. The number of carbonyl (C=O) groups excluding carboxylic acids is 2. The van der Waals surface area contributed by atoms with Crippen molar-refractivity contribution in [1.82, 2.24) is 15.1 Å². The van der Waals surface area contributed by atoms with Gasteiger partial charge in [-0.15, -0.1) is 0 Å². The van der Waals surface area contributed by atoms with Gasteiger partial charge in [0, 0.05) is 24.2 Å². The second-order valence-electron chi connectivity index (χ2n) is 7.51. The topological polar surface area (TPSA) is 73.2 Å². The molecule has 34 heavy (non-hydrogen) atoms. The number of aromatic nitrogens is 2. The first kappa shape index (κ1) is 24.9. The lowest BCUT2D eigenvalue weighted by atomic mass is 10.0. The Morgan fingerprint density at radius 2 is 1.85 bits per heavy atom. The lowest BCUT2D eigenvalue weighted by Crippen LogP contribution is -2.26. The van der Waals surface area contributed by atoms with Crippen LogP contribution in [0.25, 0.3) is 11.3 Å². The van der Waals surface area contributed by atoms with E-state index in [1.807, 2.05) is 18.2 Å². The normalized spacial score (nSPS) is 11.3. The summed E-state index contributed by atoms with van der Waals surface area (Å²) in [4.78, 5) is 24.4. The molecule has 180 valence electrons. The van der Waals surface area contributed by atoms with Crippen LogP contribution in [-0.4, -0.2) is 28.2 Å². The van der Waals surface area contributed by atoms with Crippen LogP contribution in [0.1, 0.15) is 41.3 Å². The van der Waals surface area contributed by atoms with Gasteiger partial charge in [0.25, 0.3) is 5.91 Å². The molecule has 0 bridgehead atoms. The third-order valence-corrected chi connectivity index (χ3v) is 4.87. The van der Waals surface area contributed by atoms with Crippen molar-refractivity contribution in [2.24, 2.45) is 0 Å². The van der Waals surface area contributed by atoms with Gasteiger partial charge in [0.2, 0.25) is 0 Å². The molecule has 0 spiro atoms. The summed E-state index contributed by atoms with van der Waals surface area (Å²) in [5.41, 5.74) is -0.810. The monoisotopic (exact) mass is 477 g/mol. The first-order valence-corrected chi connectivity index (χ1v) is 10.6. The standard InChI is InChI=1S/C24H23F4N3O3/c1-2-10-31-22(20(14-30-31)24(26,27)28)17-11-18(13-19(25)12-17)23(33)29-9-8-21(32)34-15-16-6-4-3-5-7-16/h3-7,11-14H,2,8-10,15H2,1H3,(H,29,33). The number of aryl methyl sites for hydroxylation is 1. The van der Waals surface area contributed by atoms with Gasteiger partial charge in [0.1, 0.15) is 18.0 Å². The van der Waals surface area contributed by atoms with Gasteiger partial charge in [0.15, 0.2) is 0 Å². The molecule has 0 aliphatic carbocycles. The van der Waals surface area contributed by atoms with Crippen LogP contribution in [0.3, 0.4) is 0 Å². The van der Waals surface area contributed by atoms with E-state index in [9.17, 15) is 27.2 Å². The third kappa shape index (κ3) is 6.43. The summed E-state index contributed by atoms with van der Waals surface area (Å²) in [6, 6.07) is 12.1. The summed E-state index contributed by atoms with van der Waals surface area (Å²) < 4.78 is 61.0. The maximum absolute atomic E-state index is 14.3. The average Bonchev–Trinajstić information content (AvgIpc) is 3.22. The van der Waals surface area contributed by atoms with E-state index in [0.29, 0.717) is 12.6 Å². The van der Waals surface area contributed by atoms with Gasteiger partial charge in [-0.05, 0) is 30.2 Å². The van der Waals surface area contributed by atoms with Crippen LogP contribution in [0.4, 0.5) is 17.6 Å². The summed E-state index contributed by atoms with van der Waals surface area (Å²) in [5, 5.41) is 6.24. The molecule has 0 atom stereocenters. The summed E-state index contributed by atoms with van der Waals surface area (Å²) in [6.07, 6.45) is -3.62. The summed E-state index contributed by atoms with van der Waals surface area (Å²) >= 11 is 0. The number of hydrogen-bond acceptors (Lipinski definition) is 4. The Hall–Kier alpha value is -3.69. The van der Waals surface area contributed by atoms with Gasteiger partial charge in [0.05, 0.1) is 18.3 Å². The van der Waals surface area contributed by atoms with Crippen LogP contribution < -0.4 is 5.32 Å². The molecule has 1 heterocycles. The number of halogens is 4. The lowest BCUT2D eigenvalue weighted by Gasteiger charge is -2.13. The molecule has 2 aromatic carbocycles. The van der Waals surface area contributed by atoms with E-state index in [0.717, 1.165) is 22.4 Å². The van der Waals surface area contributed by atoms with Crippen molar-refractivity contribution in [2.45, 2.75) is 39.1 Å². The Labute approximate surface area is 193 Å². The Morgan fingerprint density at radius 3 is 2.53 bits per heavy atom. The van der Waals surface area contributed by atoms with Crippen molar-refractivity contribution in [3.05, 3.63) is 77.2 Å². The molecule has 0 unspecified atom stereocenters. The van der Waals surface area contributed by atoms with Crippen molar-refractivity contribution in [2.75, 3.05) is 6.54 Å². The molecule has 3 aromatic rings. The minimum absolute atomic E-state index is 0.0835. The van der Waals surface area contributed by atoms with Crippen LogP contribution in [0.2, 0.25) is 0 Å². The van der Waals surface area contributed by atoms with Crippen molar-refractivity contribution in [3.8, 4) is 11.3 Å². The summed E-state index contributed by atoms with van der Waals surface area (Å²) in [7, 11) is 0. The number of amides is 1. The number of nitrogens with zero attached hydrogens (tertiary/aromatic N) is 2. The van der Waals surface area contributed by atoms with Gasteiger partial charge < -0.3 is 10.1 Å². The van der Waals surface area contributed by atoms with Gasteiger partial charge in [-0.2, -0.15) is 18.3 Å². The zero-order chi connectivity index (χ0) is 24.7. The average molecular weight is 477 g/mol. The molecule has 0 fully saturated rings. The van der Waals surface area contributed by atoms with Crippen molar-refractivity contribution < 1.29 is 31.9 Å². The molecule has 1 amide bonds. The van der Waals surface area contributed by atoms with Crippen molar-refractivity contribution >= 4 is 11.9 Å². The summed E-state index contributed by atoms with van der Waals surface area (Å²) in [6.45, 7) is 1.97. The Balaban J connectivity index is 1.69. The van der Waals surface area contributed by atoms with E-state index in [4.69, 9.17) is 4.74 Å². The fourth-order valence-corrected chi connectivity index (χ4v) is 3.33. The second-order valence-corrected chi connectivity index (χ2v) is 7.51. The molecule has 6 nitrogen and oxygen atoms in total. The van der Waals surface area contributed by atoms with Gasteiger partial charge >= 0.3 is 12.1 Å². The molecule has 0 radical (unpaired) electrons. The molecule has 1 N–H and O–H groups in total. The number of alkyl halides is 3. The molecular formula is C24H23F4N3O3. The van der Waals surface area contributed by atoms with Crippen LogP contribution in [0.5, 0.6) is 0 Å². The Kier molecular flexibility index (Phi) is 8.04. The predicted molar refractivity (Wildman–Crippen MR) is 116 cm³/mol. The van der Waals surface area contributed by atoms with Crippen molar-refractivity contribution in [3.63, 3.8) is 0 Å². The molecule has 10 heteroatoms. The van der Waals surface area contributed by atoms with Gasteiger partial charge in [-0.3, -0.25) is 14.3 Å². The third-order valence-electron chi connectivity index (χ3n) is 4.87. The highest BCUT2D eigenvalue weighted by Gasteiger charge is 2.37. The Bertz CT molecular complexity index is 1140. The fraction of sp³-hybridized carbons (Fsp3) is 0.292. The highest BCUT2D eigenvalue weighted by molar-refractivity contribution is 5.95. The van der Waals surface area contributed by atoms with E-state index in [2.05, 4.69) is 10.4 Å². The minimum atomic E-state index is -4.70. The number of hydrogen-bond donors (Lipinski definition) is 1. The molecule has 0 aliphatic rings. The first-order chi connectivity index (χ1) is 16.2. The maximum atomic E-state index is 14.3. The van der Waals surface area contributed by atoms with E-state index >= 15 is 0 Å². The Morgan fingerprint density at radius 1 is 1.12 bits per heavy atom. The quantitative estimate of drug-likeness (QED) is 0.349. The van der Waals surface area contributed by atoms with Gasteiger partial charge in [-0.25, -0.2) is 4.39 Å². The summed E-state index contributed by atoms with van der Waals surface area (Å²) in [5.74, 6) is -2.14. The lowest BCUT2D eigenvalue weighted by molar-refractivity contribution is -0.144. The maximum Gasteiger partial charge on any atom is 0.420 e. The second kappa shape index (κ2) is 11.0. The van der Waals surface area contributed by atoms with E-state index < -0.39 is 29.4 Å². The van der Waals surface area contributed by atoms with Crippen LogP contribution >= 0.6 is 0 Å². The molecule has 0 saturated heterocycles. The SMILES string of the molecule is CCCn1ncc(C(F)(F)F)c1-c1cc(F)cc(C(=O)NCCC(=O)OCc2ccccc2)c1. The van der Waals surface area contributed by atoms with Crippen molar-refractivity contribution in [1.29, 1.82) is 0 Å². The van der Waals surface area contributed by atoms with Crippen LogP contribution in [0.15, 0.2) is 54.7 Å². The highest BCUT2D eigenvalue weighted by Crippen LogP contribution is 2.37. The molecule has 3 rings (SSSR count). The first-order valence-electron chi connectivity index (χ1n) is 10.6. The zero-order valence-electron chi connectivity index (χ0n) is 18.4. The molecular weight excluding hydrogens is 454 g/mol. The number of rotatable bonds is 9.